The van der Waals surface area contributed by atoms with Crippen LogP contribution in [0.1, 0.15) is 97.3 Å². The van der Waals surface area contributed by atoms with Gasteiger partial charge in [0.25, 0.3) is 0 Å². The quantitative estimate of drug-likeness (QED) is 0.328. The molecule has 0 aliphatic carbocycles. The van der Waals surface area contributed by atoms with Crippen molar-refractivity contribution < 1.29 is 0 Å². The molecule has 0 aliphatic rings. The number of nitrogens with zero attached hydrogens (tertiary/aromatic N) is 1. The molecular formula is C18H39N. The minimum Gasteiger partial charge on any atom is -0.306 e. The van der Waals surface area contributed by atoms with Gasteiger partial charge in [-0.1, -0.05) is 84.5 Å². The summed E-state index contributed by atoms with van der Waals surface area (Å²) in [5.74, 6) is 0. The molecule has 19 heavy (non-hydrogen) atoms. The van der Waals surface area contributed by atoms with E-state index < -0.39 is 0 Å². The van der Waals surface area contributed by atoms with Crippen molar-refractivity contribution in [1.29, 1.82) is 0 Å². The first-order valence-corrected chi connectivity index (χ1v) is 8.99. The molecule has 0 aromatic carbocycles. The van der Waals surface area contributed by atoms with Gasteiger partial charge in [-0.2, -0.15) is 0 Å². The fraction of sp³-hybridized carbons (Fsp3) is 1.00. The van der Waals surface area contributed by atoms with Gasteiger partial charge in [-0.05, 0) is 33.0 Å². The van der Waals surface area contributed by atoms with Crippen molar-refractivity contribution in [2.24, 2.45) is 0 Å². The van der Waals surface area contributed by atoms with Gasteiger partial charge in [0.1, 0.15) is 0 Å². The SMILES string of the molecule is CCCCCCCCCCCCCCN(C)CCC. The molecule has 1 nitrogen and oxygen atoms in total. The topological polar surface area (TPSA) is 3.24 Å². The molecule has 0 aliphatic heterocycles. The molecule has 0 atom stereocenters. The van der Waals surface area contributed by atoms with Crippen molar-refractivity contribution in [2.75, 3.05) is 20.1 Å². The highest BCUT2D eigenvalue weighted by molar-refractivity contribution is 4.52. The third-order valence-corrected chi connectivity index (χ3v) is 4.00. The van der Waals surface area contributed by atoms with Gasteiger partial charge < -0.3 is 4.90 Å². The summed E-state index contributed by atoms with van der Waals surface area (Å²) in [5.41, 5.74) is 0. The smallest absolute Gasteiger partial charge is 0.00218 e. The molecule has 116 valence electrons. The second-order valence-electron chi connectivity index (χ2n) is 6.19. The van der Waals surface area contributed by atoms with E-state index in [4.69, 9.17) is 0 Å². The van der Waals surface area contributed by atoms with Crippen LogP contribution in [0.3, 0.4) is 0 Å². The lowest BCUT2D eigenvalue weighted by atomic mass is 10.1. The third kappa shape index (κ3) is 15.9. The van der Waals surface area contributed by atoms with Crippen molar-refractivity contribution in [3.05, 3.63) is 0 Å². The van der Waals surface area contributed by atoms with Crippen LogP contribution in [0, 0.1) is 0 Å². The van der Waals surface area contributed by atoms with E-state index in [1.165, 1.54) is 96.6 Å². The Morgan fingerprint density at radius 1 is 0.474 bits per heavy atom. The summed E-state index contributed by atoms with van der Waals surface area (Å²) in [7, 11) is 2.25. The van der Waals surface area contributed by atoms with Gasteiger partial charge in [-0.3, -0.25) is 0 Å². The molecule has 0 amide bonds. The van der Waals surface area contributed by atoms with E-state index in [1.54, 1.807) is 0 Å². The van der Waals surface area contributed by atoms with Gasteiger partial charge in [0, 0.05) is 0 Å². The number of hydrogen-bond donors (Lipinski definition) is 0. The molecule has 0 unspecified atom stereocenters. The Balaban J connectivity index is 2.99. The van der Waals surface area contributed by atoms with Crippen LogP contribution in [0.2, 0.25) is 0 Å². The number of hydrogen-bond acceptors (Lipinski definition) is 1. The summed E-state index contributed by atoms with van der Waals surface area (Å²) < 4.78 is 0. The molecule has 0 aromatic heterocycles. The Hall–Kier alpha value is -0.0400. The molecule has 0 saturated carbocycles. The minimum atomic E-state index is 1.26. The van der Waals surface area contributed by atoms with Crippen molar-refractivity contribution in [3.8, 4) is 0 Å². The van der Waals surface area contributed by atoms with E-state index in [9.17, 15) is 0 Å². The van der Waals surface area contributed by atoms with Crippen LogP contribution in [0.5, 0.6) is 0 Å². The summed E-state index contributed by atoms with van der Waals surface area (Å²) in [6, 6.07) is 0. The Morgan fingerprint density at radius 3 is 1.32 bits per heavy atom. The van der Waals surface area contributed by atoms with Crippen LogP contribution >= 0.6 is 0 Å². The molecule has 1 heteroatoms. The largest absolute Gasteiger partial charge is 0.306 e. The highest BCUT2D eigenvalue weighted by atomic mass is 15.1. The van der Waals surface area contributed by atoms with Crippen LogP contribution < -0.4 is 0 Å². The number of unbranched alkanes of at least 4 members (excludes halogenated alkanes) is 11. The predicted molar refractivity (Wildman–Crippen MR) is 88.9 cm³/mol. The van der Waals surface area contributed by atoms with E-state index >= 15 is 0 Å². The van der Waals surface area contributed by atoms with E-state index in [1.807, 2.05) is 0 Å². The van der Waals surface area contributed by atoms with E-state index in [2.05, 4.69) is 25.8 Å². The maximum absolute atomic E-state index is 2.47. The predicted octanol–water partition coefficient (Wildman–Crippen LogP) is 6.03. The van der Waals surface area contributed by atoms with E-state index in [-0.39, 0.29) is 0 Å². The lowest BCUT2D eigenvalue weighted by molar-refractivity contribution is 0.324. The average molecular weight is 270 g/mol. The second kappa shape index (κ2) is 16.0. The summed E-state index contributed by atoms with van der Waals surface area (Å²) >= 11 is 0. The zero-order valence-electron chi connectivity index (χ0n) is 14.1. The maximum atomic E-state index is 2.47. The standard InChI is InChI=1S/C18H39N/c1-4-6-7-8-9-10-11-12-13-14-15-16-18-19(3)17-5-2/h4-18H2,1-3H3. The molecule has 0 fully saturated rings. The Labute approximate surface area is 123 Å². The Bertz CT molecular complexity index is 156. The second-order valence-corrected chi connectivity index (χ2v) is 6.19. The molecule has 0 N–H and O–H groups in total. The molecule has 0 bridgehead atoms. The van der Waals surface area contributed by atoms with Gasteiger partial charge >= 0.3 is 0 Å². The molecule has 0 aromatic rings. The zero-order valence-corrected chi connectivity index (χ0v) is 14.1. The number of rotatable bonds is 15. The Morgan fingerprint density at radius 2 is 0.895 bits per heavy atom. The van der Waals surface area contributed by atoms with Gasteiger partial charge in [0.15, 0.2) is 0 Å². The summed E-state index contributed by atoms with van der Waals surface area (Å²) in [6.07, 6.45) is 18.7. The highest BCUT2D eigenvalue weighted by Crippen LogP contribution is 2.11. The molecule has 0 saturated heterocycles. The van der Waals surface area contributed by atoms with Crippen molar-refractivity contribution >= 4 is 0 Å². The zero-order chi connectivity index (χ0) is 14.2. The van der Waals surface area contributed by atoms with Crippen LogP contribution in [-0.4, -0.2) is 25.0 Å². The molecule has 0 radical (unpaired) electrons. The van der Waals surface area contributed by atoms with Crippen molar-refractivity contribution in [3.63, 3.8) is 0 Å². The molecule has 0 rings (SSSR count). The first kappa shape index (κ1) is 19.0. The minimum absolute atomic E-state index is 1.26. The summed E-state index contributed by atoms with van der Waals surface area (Å²) in [4.78, 5) is 2.47. The van der Waals surface area contributed by atoms with Crippen molar-refractivity contribution in [2.45, 2.75) is 97.3 Å². The van der Waals surface area contributed by atoms with Gasteiger partial charge in [-0.25, -0.2) is 0 Å². The van der Waals surface area contributed by atoms with Crippen LogP contribution in [0.15, 0.2) is 0 Å². The molecule has 0 spiro atoms. The van der Waals surface area contributed by atoms with E-state index in [0.29, 0.717) is 0 Å². The highest BCUT2D eigenvalue weighted by Gasteiger charge is 1.96. The Kier molecular flexibility index (Phi) is 16.0. The fourth-order valence-electron chi connectivity index (χ4n) is 2.72. The normalized spacial score (nSPS) is 11.4. The average Bonchev–Trinajstić information content (AvgIpc) is 2.40. The third-order valence-electron chi connectivity index (χ3n) is 4.00. The lowest BCUT2D eigenvalue weighted by Crippen LogP contribution is -2.20. The summed E-state index contributed by atoms with van der Waals surface area (Å²) in [5, 5.41) is 0. The van der Waals surface area contributed by atoms with Crippen LogP contribution in [0.25, 0.3) is 0 Å². The molecule has 0 heterocycles. The van der Waals surface area contributed by atoms with Crippen molar-refractivity contribution in [1.82, 2.24) is 4.90 Å². The molecular weight excluding hydrogens is 230 g/mol. The first-order valence-electron chi connectivity index (χ1n) is 8.99. The van der Waals surface area contributed by atoms with Crippen LogP contribution in [-0.2, 0) is 0 Å². The van der Waals surface area contributed by atoms with Crippen LogP contribution in [0.4, 0.5) is 0 Å². The fourth-order valence-corrected chi connectivity index (χ4v) is 2.72. The first-order chi connectivity index (χ1) is 9.31. The summed E-state index contributed by atoms with van der Waals surface area (Å²) in [6.45, 7) is 7.11. The lowest BCUT2D eigenvalue weighted by Gasteiger charge is -2.14. The van der Waals surface area contributed by atoms with E-state index in [0.717, 1.165) is 0 Å². The maximum Gasteiger partial charge on any atom is -0.00218 e. The van der Waals surface area contributed by atoms with Gasteiger partial charge in [-0.15, -0.1) is 0 Å². The van der Waals surface area contributed by atoms with Gasteiger partial charge in [0.05, 0.1) is 0 Å². The monoisotopic (exact) mass is 269 g/mol. The van der Waals surface area contributed by atoms with Gasteiger partial charge in [0.2, 0.25) is 0 Å².